The molecule has 20 heavy (non-hydrogen) atoms. The van der Waals surface area contributed by atoms with Crippen molar-refractivity contribution in [3.8, 4) is 17.7 Å². The highest BCUT2D eigenvalue weighted by Gasteiger charge is 2.22. The topological polar surface area (TPSA) is 88.1 Å². The number of aryl methyl sites for hydroxylation is 3. The molecule has 0 unspecified atom stereocenters. The summed E-state index contributed by atoms with van der Waals surface area (Å²) in [5.74, 6) is -0.512. The zero-order valence-electron chi connectivity index (χ0n) is 11.3. The number of aromatic nitrogens is 2. The van der Waals surface area contributed by atoms with E-state index in [1.54, 1.807) is 32.2 Å². The van der Waals surface area contributed by atoms with Gasteiger partial charge in [0.1, 0.15) is 11.3 Å². The molecule has 0 atom stereocenters. The van der Waals surface area contributed by atoms with Gasteiger partial charge < -0.3 is 9.84 Å². The zero-order valence-corrected chi connectivity index (χ0v) is 11.3. The normalized spacial score (nSPS) is 10.1. The molecule has 0 fully saturated rings. The number of nitriles is 1. The van der Waals surface area contributed by atoms with Crippen molar-refractivity contribution in [2.45, 2.75) is 13.8 Å². The molecular formula is C14H13N3O3. The van der Waals surface area contributed by atoms with Crippen molar-refractivity contribution in [1.82, 2.24) is 9.78 Å². The summed E-state index contributed by atoms with van der Waals surface area (Å²) in [7, 11) is 1.61. The molecule has 2 rings (SSSR count). The molecular weight excluding hydrogens is 258 g/mol. The van der Waals surface area contributed by atoms with Gasteiger partial charge in [0.05, 0.1) is 17.3 Å². The lowest BCUT2D eigenvalue weighted by Crippen LogP contribution is -2.02. The first-order valence-corrected chi connectivity index (χ1v) is 5.89. The first kappa shape index (κ1) is 13.6. The van der Waals surface area contributed by atoms with Crippen molar-refractivity contribution < 1.29 is 14.6 Å². The van der Waals surface area contributed by atoms with Crippen molar-refractivity contribution in [2.75, 3.05) is 0 Å². The minimum atomic E-state index is -1.10. The number of carboxylic acid groups (broad SMARTS) is 1. The molecule has 1 N–H and O–H groups in total. The Morgan fingerprint density at radius 3 is 2.75 bits per heavy atom. The van der Waals surface area contributed by atoms with E-state index in [1.165, 1.54) is 4.68 Å². The van der Waals surface area contributed by atoms with Crippen LogP contribution < -0.4 is 4.74 Å². The van der Waals surface area contributed by atoms with Crippen molar-refractivity contribution in [2.24, 2.45) is 7.05 Å². The van der Waals surface area contributed by atoms with Gasteiger partial charge >= 0.3 is 5.97 Å². The van der Waals surface area contributed by atoms with E-state index in [4.69, 9.17) is 10.00 Å². The van der Waals surface area contributed by atoms with E-state index in [-0.39, 0.29) is 11.4 Å². The first-order valence-electron chi connectivity index (χ1n) is 5.89. The van der Waals surface area contributed by atoms with E-state index in [9.17, 15) is 9.90 Å². The zero-order chi connectivity index (χ0) is 14.9. The van der Waals surface area contributed by atoms with Crippen molar-refractivity contribution in [1.29, 1.82) is 5.26 Å². The van der Waals surface area contributed by atoms with Crippen LogP contribution in [0.2, 0.25) is 0 Å². The number of aromatic carboxylic acids is 1. The molecule has 0 aliphatic rings. The molecule has 0 radical (unpaired) electrons. The Bertz CT molecular complexity index is 726. The summed E-state index contributed by atoms with van der Waals surface area (Å²) in [6.07, 6.45) is 0. The first-order chi connectivity index (χ1) is 9.43. The number of nitrogens with zero attached hydrogens (tertiary/aromatic N) is 3. The molecule has 6 nitrogen and oxygen atoms in total. The summed E-state index contributed by atoms with van der Waals surface area (Å²) in [6.45, 7) is 3.43. The van der Waals surface area contributed by atoms with Gasteiger partial charge in [0.15, 0.2) is 0 Å². The third-order valence-corrected chi connectivity index (χ3v) is 2.91. The van der Waals surface area contributed by atoms with Gasteiger partial charge in [-0.2, -0.15) is 10.4 Å². The summed E-state index contributed by atoms with van der Waals surface area (Å²) in [4.78, 5) is 11.3. The lowest BCUT2D eigenvalue weighted by molar-refractivity contribution is 0.0693. The van der Waals surface area contributed by atoms with E-state index >= 15 is 0 Å². The smallest absolute Gasteiger partial charge is 0.343 e. The number of carboxylic acids is 1. The Morgan fingerprint density at radius 2 is 2.15 bits per heavy atom. The molecule has 6 heteroatoms. The monoisotopic (exact) mass is 271 g/mol. The molecule has 0 aliphatic carbocycles. The van der Waals surface area contributed by atoms with Gasteiger partial charge in [-0.3, -0.25) is 0 Å². The standard InChI is InChI=1S/C14H13N3O3/c1-8-4-5-10(7-15)6-11(8)20-13-12(14(18)19)9(2)16-17(13)3/h4-6H,1-3H3,(H,18,19). The van der Waals surface area contributed by atoms with Crippen LogP contribution in [0.15, 0.2) is 18.2 Å². The third kappa shape index (κ3) is 2.34. The maximum atomic E-state index is 11.3. The molecule has 102 valence electrons. The van der Waals surface area contributed by atoms with Crippen LogP contribution in [0.3, 0.4) is 0 Å². The molecule has 2 aromatic rings. The largest absolute Gasteiger partial charge is 0.477 e. The molecule has 0 aliphatic heterocycles. The fourth-order valence-electron chi connectivity index (χ4n) is 1.88. The van der Waals surface area contributed by atoms with Crippen LogP contribution in [-0.2, 0) is 7.05 Å². The van der Waals surface area contributed by atoms with Gasteiger partial charge in [0, 0.05) is 7.05 Å². The Balaban J connectivity index is 2.51. The van der Waals surface area contributed by atoms with E-state index in [0.717, 1.165) is 5.56 Å². The van der Waals surface area contributed by atoms with Gasteiger partial charge in [0.25, 0.3) is 0 Å². The number of hydrogen-bond donors (Lipinski definition) is 1. The molecule has 0 spiro atoms. The number of ether oxygens (including phenoxy) is 1. The summed E-state index contributed by atoms with van der Waals surface area (Å²) in [6, 6.07) is 7.01. The Hall–Kier alpha value is -2.81. The van der Waals surface area contributed by atoms with Gasteiger partial charge in [-0.25, -0.2) is 9.48 Å². The predicted molar refractivity (Wildman–Crippen MR) is 70.9 cm³/mol. The number of hydrogen-bond acceptors (Lipinski definition) is 4. The lowest BCUT2D eigenvalue weighted by Gasteiger charge is -2.09. The van der Waals surface area contributed by atoms with E-state index in [0.29, 0.717) is 17.0 Å². The van der Waals surface area contributed by atoms with E-state index < -0.39 is 5.97 Å². The number of carbonyl (C=O) groups is 1. The number of benzene rings is 1. The minimum absolute atomic E-state index is 0.0225. The van der Waals surface area contributed by atoms with Crippen molar-refractivity contribution >= 4 is 5.97 Å². The van der Waals surface area contributed by atoms with Crippen molar-refractivity contribution in [3.63, 3.8) is 0 Å². The quantitative estimate of drug-likeness (QED) is 0.926. The fourth-order valence-corrected chi connectivity index (χ4v) is 1.88. The molecule has 0 saturated carbocycles. The predicted octanol–water partition coefficient (Wildman–Crippen LogP) is 2.40. The van der Waals surface area contributed by atoms with Crippen LogP contribution in [0.4, 0.5) is 0 Å². The maximum Gasteiger partial charge on any atom is 0.343 e. The molecule has 1 heterocycles. The molecule has 0 amide bonds. The molecule has 0 bridgehead atoms. The second-order valence-electron chi connectivity index (χ2n) is 4.39. The number of rotatable bonds is 3. The third-order valence-electron chi connectivity index (χ3n) is 2.91. The van der Waals surface area contributed by atoms with Gasteiger partial charge in [-0.05, 0) is 31.5 Å². The molecule has 1 aromatic carbocycles. The second kappa shape index (κ2) is 5.05. The van der Waals surface area contributed by atoms with Gasteiger partial charge in [0.2, 0.25) is 5.88 Å². The summed E-state index contributed by atoms with van der Waals surface area (Å²) < 4.78 is 7.04. The summed E-state index contributed by atoms with van der Waals surface area (Å²) in [5.41, 5.74) is 1.65. The van der Waals surface area contributed by atoms with Crippen LogP contribution in [0.1, 0.15) is 27.2 Å². The average Bonchev–Trinajstić information content (AvgIpc) is 2.66. The lowest BCUT2D eigenvalue weighted by atomic mass is 10.1. The average molecular weight is 271 g/mol. The highest BCUT2D eigenvalue weighted by Crippen LogP contribution is 2.29. The van der Waals surface area contributed by atoms with Crippen LogP contribution in [-0.4, -0.2) is 20.9 Å². The van der Waals surface area contributed by atoms with Gasteiger partial charge in [-0.15, -0.1) is 0 Å². The Morgan fingerprint density at radius 1 is 1.45 bits per heavy atom. The fraction of sp³-hybridized carbons (Fsp3) is 0.214. The molecule has 1 aromatic heterocycles. The Kier molecular flexibility index (Phi) is 3.44. The van der Waals surface area contributed by atoms with Crippen LogP contribution >= 0.6 is 0 Å². The van der Waals surface area contributed by atoms with Crippen molar-refractivity contribution in [3.05, 3.63) is 40.6 Å². The van der Waals surface area contributed by atoms with Crippen LogP contribution in [0.5, 0.6) is 11.6 Å². The van der Waals surface area contributed by atoms with Gasteiger partial charge in [-0.1, -0.05) is 6.07 Å². The van der Waals surface area contributed by atoms with Crippen LogP contribution in [0.25, 0.3) is 0 Å². The van der Waals surface area contributed by atoms with Crippen LogP contribution in [0, 0.1) is 25.2 Å². The highest BCUT2D eigenvalue weighted by molar-refractivity contribution is 5.91. The minimum Gasteiger partial charge on any atom is -0.477 e. The summed E-state index contributed by atoms with van der Waals surface area (Å²) >= 11 is 0. The molecule has 0 saturated heterocycles. The highest BCUT2D eigenvalue weighted by atomic mass is 16.5. The Labute approximate surface area is 115 Å². The SMILES string of the molecule is Cc1ccc(C#N)cc1Oc1c(C(=O)O)c(C)nn1C. The van der Waals surface area contributed by atoms with E-state index in [2.05, 4.69) is 5.10 Å². The maximum absolute atomic E-state index is 11.3. The summed E-state index contributed by atoms with van der Waals surface area (Å²) in [5, 5.41) is 22.2. The second-order valence-corrected chi connectivity index (χ2v) is 4.39. The van der Waals surface area contributed by atoms with E-state index in [1.807, 2.05) is 13.0 Å².